The second-order valence-corrected chi connectivity index (χ2v) is 7.72. The Morgan fingerprint density at radius 2 is 2.12 bits per heavy atom. The fourth-order valence-corrected chi connectivity index (χ4v) is 3.66. The zero-order valence-electron chi connectivity index (χ0n) is 13.6. The standard InChI is InChI=1S/C14H18F2N4O5S/c15-13(16)26(24,25)10-4-5-11(12(7-10)20(22)23)19-6-2-1-3-9(19)8-18-14(17)21/h4-5,7,9,13H,1-3,6,8H2,(H3,17,18,21)/t9-/m0/s1. The summed E-state index contributed by atoms with van der Waals surface area (Å²) in [5, 5.41) is 13.8. The van der Waals surface area contributed by atoms with Gasteiger partial charge in [-0.1, -0.05) is 0 Å². The molecule has 9 nitrogen and oxygen atoms in total. The van der Waals surface area contributed by atoms with Crippen molar-refractivity contribution in [3.63, 3.8) is 0 Å². The van der Waals surface area contributed by atoms with Crippen LogP contribution in [0.3, 0.4) is 0 Å². The molecule has 1 atom stereocenters. The van der Waals surface area contributed by atoms with Crippen LogP contribution in [0, 0.1) is 10.1 Å². The smallest absolute Gasteiger partial charge is 0.341 e. The Morgan fingerprint density at radius 3 is 2.69 bits per heavy atom. The molecule has 2 rings (SSSR count). The van der Waals surface area contributed by atoms with Gasteiger partial charge in [-0.3, -0.25) is 10.1 Å². The number of primary amides is 1. The molecule has 0 unspecified atom stereocenters. The molecule has 0 bridgehead atoms. The molecule has 12 heteroatoms. The Hall–Kier alpha value is -2.50. The highest BCUT2D eigenvalue weighted by Crippen LogP contribution is 2.35. The fourth-order valence-electron chi connectivity index (χ4n) is 2.92. The van der Waals surface area contributed by atoms with E-state index in [4.69, 9.17) is 5.73 Å². The molecule has 1 aliphatic heterocycles. The van der Waals surface area contributed by atoms with Gasteiger partial charge in [0.25, 0.3) is 5.69 Å². The summed E-state index contributed by atoms with van der Waals surface area (Å²) in [4.78, 5) is 22.4. The molecule has 1 fully saturated rings. The van der Waals surface area contributed by atoms with Gasteiger partial charge in [-0.2, -0.15) is 8.78 Å². The van der Waals surface area contributed by atoms with Crippen molar-refractivity contribution in [3.05, 3.63) is 28.3 Å². The van der Waals surface area contributed by atoms with Crippen LogP contribution in [0.5, 0.6) is 0 Å². The Bertz CT molecular complexity index is 803. The van der Waals surface area contributed by atoms with E-state index in [1.54, 1.807) is 4.90 Å². The number of nitrogens with two attached hydrogens (primary N) is 1. The molecule has 1 aromatic carbocycles. The Morgan fingerprint density at radius 1 is 1.42 bits per heavy atom. The molecule has 0 radical (unpaired) electrons. The number of carbonyl (C=O) groups excluding carboxylic acids is 1. The highest BCUT2D eigenvalue weighted by Gasteiger charge is 2.32. The monoisotopic (exact) mass is 392 g/mol. The third-order valence-corrected chi connectivity index (χ3v) is 5.54. The number of anilines is 1. The van der Waals surface area contributed by atoms with E-state index in [1.807, 2.05) is 0 Å². The quantitative estimate of drug-likeness (QED) is 0.558. The number of nitro groups is 1. The minimum atomic E-state index is -4.95. The number of carbonyl (C=O) groups is 1. The van der Waals surface area contributed by atoms with E-state index in [0.29, 0.717) is 19.0 Å². The van der Waals surface area contributed by atoms with Crippen molar-refractivity contribution < 1.29 is 26.9 Å². The zero-order chi connectivity index (χ0) is 19.5. The minimum absolute atomic E-state index is 0.110. The molecule has 3 N–H and O–H groups in total. The van der Waals surface area contributed by atoms with E-state index in [2.05, 4.69) is 5.32 Å². The molecule has 26 heavy (non-hydrogen) atoms. The van der Waals surface area contributed by atoms with Crippen LogP contribution < -0.4 is 16.0 Å². The SMILES string of the molecule is NC(=O)NC[C@@H]1CCCCN1c1ccc(S(=O)(=O)C(F)F)cc1[N+](=O)[O-]. The molecule has 1 aromatic rings. The first kappa shape index (κ1) is 19.8. The first-order valence-electron chi connectivity index (χ1n) is 7.75. The van der Waals surface area contributed by atoms with Crippen LogP contribution in [0.1, 0.15) is 19.3 Å². The van der Waals surface area contributed by atoms with Gasteiger partial charge in [0, 0.05) is 25.2 Å². The van der Waals surface area contributed by atoms with Crippen molar-refractivity contribution in [3.8, 4) is 0 Å². The summed E-state index contributed by atoms with van der Waals surface area (Å²) in [7, 11) is -4.95. The van der Waals surface area contributed by atoms with Gasteiger partial charge in [0.1, 0.15) is 5.69 Å². The third kappa shape index (κ3) is 4.18. The van der Waals surface area contributed by atoms with Crippen molar-refractivity contribution in [1.82, 2.24) is 5.32 Å². The lowest BCUT2D eigenvalue weighted by molar-refractivity contribution is -0.384. The van der Waals surface area contributed by atoms with E-state index in [1.165, 1.54) is 0 Å². The fraction of sp³-hybridized carbons (Fsp3) is 0.500. The largest absolute Gasteiger partial charge is 0.361 e. The van der Waals surface area contributed by atoms with E-state index in [0.717, 1.165) is 25.0 Å². The first-order valence-corrected chi connectivity index (χ1v) is 9.29. The zero-order valence-corrected chi connectivity index (χ0v) is 14.4. The Kier molecular flexibility index (Phi) is 5.95. The van der Waals surface area contributed by atoms with Gasteiger partial charge in [0.15, 0.2) is 0 Å². The average Bonchev–Trinajstić information content (AvgIpc) is 2.59. The molecule has 0 spiro atoms. The number of hydrogen-bond donors (Lipinski definition) is 2. The molecule has 0 aromatic heterocycles. The van der Waals surface area contributed by atoms with Crippen molar-refractivity contribution in [2.45, 2.75) is 36.0 Å². The lowest BCUT2D eigenvalue weighted by atomic mass is 10.0. The summed E-state index contributed by atoms with van der Waals surface area (Å²) >= 11 is 0. The van der Waals surface area contributed by atoms with E-state index < -0.39 is 37.1 Å². The number of nitro benzene ring substituents is 1. The maximum Gasteiger partial charge on any atom is 0.341 e. The maximum atomic E-state index is 12.7. The van der Waals surface area contributed by atoms with Crippen LogP contribution >= 0.6 is 0 Å². The molecule has 0 saturated carbocycles. The average molecular weight is 392 g/mol. The minimum Gasteiger partial charge on any atom is -0.361 e. The van der Waals surface area contributed by atoms with Gasteiger partial charge in [0.05, 0.1) is 9.82 Å². The van der Waals surface area contributed by atoms with Crippen molar-refractivity contribution in [2.75, 3.05) is 18.0 Å². The number of nitrogens with one attached hydrogen (secondary N) is 1. The number of sulfone groups is 1. The molecule has 144 valence electrons. The van der Waals surface area contributed by atoms with Crippen molar-refractivity contribution in [2.24, 2.45) is 5.73 Å². The second kappa shape index (κ2) is 7.81. The predicted molar refractivity (Wildman–Crippen MR) is 88.9 cm³/mol. The van der Waals surface area contributed by atoms with Gasteiger partial charge in [0.2, 0.25) is 9.84 Å². The Labute approximate surface area is 148 Å². The van der Waals surface area contributed by atoms with Gasteiger partial charge in [-0.05, 0) is 31.4 Å². The molecule has 1 heterocycles. The highest BCUT2D eigenvalue weighted by atomic mass is 32.2. The molecular weight excluding hydrogens is 374 g/mol. The number of benzene rings is 1. The van der Waals surface area contributed by atoms with E-state index >= 15 is 0 Å². The molecule has 1 aliphatic rings. The first-order chi connectivity index (χ1) is 12.1. The number of rotatable bonds is 6. The highest BCUT2D eigenvalue weighted by molar-refractivity contribution is 7.91. The van der Waals surface area contributed by atoms with Gasteiger partial charge < -0.3 is 16.0 Å². The summed E-state index contributed by atoms with van der Waals surface area (Å²) in [6.45, 7) is 0.594. The van der Waals surface area contributed by atoms with Crippen LogP contribution in [0.2, 0.25) is 0 Å². The number of halogens is 2. The lowest BCUT2D eigenvalue weighted by Gasteiger charge is -2.37. The number of amides is 2. The van der Waals surface area contributed by atoms with Crippen molar-refractivity contribution in [1.29, 1.82) is 0 Å². The molecule has 2 amide bonds. The topological polar surface area (TPSA) is 136 Å². The summed E-state index contributed by atoms with van der Waals surface area (Å²) in [6.07, 6.45) is 2.21. The Balaban J connectivity index is 2.43. The van der Waals surface area contributed by atoms with Gasteiger partial charge >= 0.3 is 11.8 Å². The molecule has 0 aliphatic carbocycles. The summed E-state index contributed by atoms with van der Waals surface area (Å²) in [5.41, 5.74) is 4.58. The summed E-state index contributed by atoms with van der Waals surface area (Å²) in [6, 6.07) is 1.70. The van der Waals surface area contributed by atoms with Crippen LogP contribution in [-0.4, -0.2) is 44.3 Å². The van der Waals surface area contributed by atoms with Gasteiger partial charge in [-0.25, -0.2) is 13.2 Å². The number of alkyl halides is 2. The number of nitrogens with zero attached hydrogens (tertiary/aromatic N) is 2. The van der Waals surface area contributed by atoms with Crippen LogP contribution in [0.4, 0.5) is 25.0 Å². The number of piperidine rings is 1. The van der Waals surface area contributed by atoms with Crippen LogP contribution in [-0.2, 0) is 9.84 Å². The number of hydrogen-bond acceptors (Lipinski definition) is 6. The predicted octanol–water partition coefficient (Wildman–Crippen LogP) is 1.62. The molecule has 1 saturated heterocycles. The van der Waals surface area contributed by atoms with Crippen LogP contribution in [0.15, 0.2) is 23.1 Å². The van der Waals surface area contributed by atoms with E-state index in [9.17, 15) is 32.1 Å². The van der Waals surface area contributed by atoms with Crippen LogP contribution in [0.25, 0.3) is 0 Å². The lowest BCUT2D eigenvalue weighted by Crippen LogP contribution is -2.48. The van der Waals surface area contributed by atoms with E-state index in [-0.39, 0.29) is 18.3 Å². The van der Waals surface area contributed by atoms with Crippen molar-refractivity contribution >= 4 is 27.2 Å². The number of urea groups is 1. The summed E-state index contributed by atoms with van der Waals surface area (Å²) < 4.78 is 48.6. The summed E-state index contributed by atoms with van der Waals surface area (Å²) in [5.74, 6) is -3.67. The van der Waals surface area contributed by atoms with Gasteiger partial charge in [-0.15, -0.1) is 0 Å². The maximum absolute atomic E-state index is 12.7. The second-order valence-electron chi connectivity index (χ2n) is 5.80. The third-order valence-electron chi connectivity index (χ3n) is 4.16. The molecular formula is C14H18F2N4O5S. The normalized spacial score (nSPS) is 18.0.